The molecule has 0 aliphatic heterocycles. The number of fused-ring (bicyclic) bond motifs is 2. The number of hydrogen-bond donors (Lipinski definition) is 1. The summed E-state index contributed by atoms with van der Waals surface area (Å²) in [6.07, 6.45) is 4.85. The third-order valence-corrected chi connectivity index (χ3v) is 4.48. The molecule has 18 heavy (non-hydrogen) atoms. The van der Waals surface area contributed by atoms with Crippen LogP contribution in [0.3, 0.4) is 0 Å². The van der Waals surface area contributed by atoms with Crippen molar-refractivity contribution < 1.29 is 4.79 Å². The van der Waals surface area contributed by atoms with Crippen molar-refractivity contribution in [3.8, 4) is 0 Å². The number of nitrogens with one attached hydrogen (secondary N) is 1. The minimum Gasteiger partial charge on any atom is -0.349 e. The van der Waals surface area contributed by atoms with Gasteiger partial charge in [0, 0.05) is 6.04 Å². The number of amides is 1. The predicted octanol–water partition coefficient (Wildman–Crippen LogP) is 2.70. The summed E-state index contributed by atoms with van der Waals surface area (Å²) in [5.41, 5.74) is 0.305. The molecule has 2 saturated carbocycles. The maximum Gasteiger partial charge on any atom is 0.254 e. The van der Waals surface area contributed by atoms with Gasteiger partial charge in [-0.1, -0.05) is 29.6 Å². The largest absolute Gasteiger partial charge is 0.349 e. The number of nitrogens with zero attached hydrogens (tertiary/aromatic N) is 2. The Balaban J connectivity index is 1.73. The number of carbonyl (C=O) groups is 1. The Kier molecular flexibility index (Phi) is 3.16. The van der Waals surface area contributed by atoms with Gasteiger partial charge in [-0.2, -0.15) is 0 Å². The fourth-order valence-electron chi connectivity index (χ4n) is 3.18. The topological polar surface area (TPSA) is 54.9 Å². The van der Waals surface area contributed by atoms with E-state index in [1.165, 1.54) is 25.3 Å². The lowest BCUT2D eigenvalue weighted by Gasteiger charge is -2.22. The van der Waals surface area contributed by atoms with E-state index in [0.29, 0.717) is 11.5 Å². The van der Waals surface area contributed by atoms with Crippen molar-refractivity contribution in [2.24, 2.45) is 11.8 Å². The van der Waals surface area contributed by atoms with Crippen LogP contribution in [0.4, 0.5) is 0 Å². The highest BCUT2D eigenvalue weighted by molar-refractivity contribution is 6.34. The average molecular weight is 286 g/mol. The van der Waals surface area contributed by atoms with E-state index in [0.717, 1.165) is 12.3 Å². The van der Waals surface area contributed by atoms with E-state index in [1.54, 1.807) is 0 Å². The summed E-state index contributed by atoms with van der Waals surface area (Å²) in [4.78, 5) is 12.1. The Hall–Kier alpha value is -0.870. The smallest absolute Gasteiger partial charge is 0.254 e. The highest BCUT2D eigenvalue weighted by atomic mass is 35.5. The second-order valence-electron chi connectivity index (χ2n) is 5.13. The molecule has 96 valence electrons. The number of rotatable bonds is 2. The molecule has 0 saturated heterocycles. The average Bonchev–Trinajstić information content (AvgIpc) is 2.94. The minimum atomic E-state index is -0.200. The van der Waals surface area contributed by atoms with Crippen LogP contribution < -0.4 is 5.32 Å². The first-order valence-electron chi connectivity index (χ1n) is 6.13. The second-order valence-corrected chi connectivity index (χ2v) is 5.87. The number of carbonyl (C=O) groups excluding carboxylic acids is 1. The van der Waals surface area contributed by atoms with Crippen molar-refractivity contribution >= 4 is 29.1 Å². The van der Waals surface area contributed by atoms with Gasteiger partial charge in [0.2, 0.25) is 0 Å². The molecule has 1 amide bonds. The molecular weight excluding hydrogens is 273 g/mol. The lowest BCUT2D eigenvalue weighted by molar-refractivity contribution is 0.0922. The van der Waals surface area contributed by atoms with Crippen LogP contribution in [-0.4, -0.2) is 22.1 Å². The highest BCUT2D eigenvalue weighted by Crippen LogP contribution is 2.44. The summed E-state index contributed by atoms with van der Waals surface area (Å²) in [6, 6.07) is 1.73. The van der Waals surface area contributed by atoms with Crippen LogP contribution in [0, 0.1) is 11.8 Å². The van der Waals surface area contributed by atoms with Crippen molar-refractivity contribution in [2.75, 3.05) is 0 Å². The first kappa shape index (κ1) is 12.2. The first-order chi connectivity index (χ1) is 8.63. The van der Waals surface area contributed by atoms with Crippen molar-refractivity contribution in [3.63, 3.8) is 0 Å². The summed E-state index contributed by atoms with van der Waals surface area (Å²) in [6.45, 7) is 0. The van der Waals surface area contributed by atoms with E-state index in [4.69, 9.17) is 23.2 Å². The Labute approximate surface area is 115 Å². The van der Waals surface area contributed by atoms with Crippen LogP contribution in [0.25, 0.3) is 0 Å². The third kappa shape index (κ3) is 2.19. The number of halogens is 2. The molecular formula is C12H13Cl2N3O. The van der Waals surface area contributed by atoms with Gasteiger partial charge in [-0.25, -0.2) is 0 Å². The Morgan fingerprint density at radius 1 is 1.28 bits per heavy atom. The van der Waals surface area contributed by atoms with Gasteiger partial charge >= 0.3 is 0 Å². The Morgan fingerprint density at radius 3 is 2.78 bits per heavy atom. The molecule has 1 heterocycles. The molecule has 3 unspecified atom stereocenters. The summed E-state index contributed by atoms with van der Waals surface area (Å²) in [5, 5.41) is 10.6. The normalized spacial score (nSPS) is 29.6. The lowest BCUT2D eigenvalue weighted by atomic mass is 9.95. The molecule has 6 heteroatoms. The summed E-state index contributed by atoms with van der Waals surface area (Å²) in [7, 11) is 0. The van der Waals surface area contributed by atoms with Gasteiger partial charge in [0.1, 0.15) is 0 Å². The zero-order valence-electron chi connectivity index (χ0n) is 9.70. The highest BCUT2D eigenvalue weighted by Gasteiger charge is 2.40. The second kappa shape index (κ2) is 4.67. The van der Waals surface area contributed by atoms with E-state index in [9.17, 15) is 4.79 Å². The van der Waals surface area contributed by atoms with Crippen LogP contribution in [0.5, 0.6) is 0 Å². The van der Waals surface area contributed by atoms with E-state index in [1.807, 2.05) is 0 Å². The molecule has 2 aliphatic rings. The summed E-state index contributed by atoms with van der Waals surface area (Å²) in [5.74, 6) is 1.22. The van der Waals surface area contributed by atoms with Crippen LogP contribution in [0.2, 0.25) is 10.3 Å². The fourth-order valence-corrected chi connectivity index (χ4v) is 3.51. The van der Waals surface area contributed by atoms with Gasteiger partial charge in [0.25, 0.3) is 5.91 Å². The molecule has 4 nitrogen and oxygen atoms in total. The van der Waals surface area contributed by atoms with Gasteiger partial charge in [-0.05, 0) is 37.2 Å². The van der Waals surface area contributed by atoms with E-state index in [-0.39, 0.29) is 22.3 Å². The van der Waals surface area contributed by atoms with Gasteiger partial charge in [-0.3, -0.25) is 4.79 Å². The molecule has 2 aliphatic carbocycles. The minimum absolute atomic E-state index is 0.0973. The molecule has 1 aromatic rings. The van der Waals surface area contributed by atoms with Crippen molar-refractivity contribution in [1.29, 1.82) is 0 Å². The van der Waals surface area contributed by atoms with Gasteiger partial charge in [-0.15, -0.1) is 10.2 Å². The SMILES string of the molecule is O=C(NC1CC2CCC1C2)c1cc(Cl)nnc1Cl. The van der Waals surface area contributed by atoms with Gasteiger partial charge in [0.05, 0.1) is 5.56 Å². The van der Waals surface area contributed by atoms with E-state index < -0.39 is 0 Å². The van der Waals surface area contributed by atoms with Crippen molar-refractivity contribution in [1.82, 2.24) is 15.5 Å². The van der Waals surface area contributed by atoms with Crippen LogP contribution >= 0.6 is 23.2 Å². The molecule has 2 bridgehead atoms. The molecule has 0 spiro atoms. The number of aromatic nitrogens is 2. The maximum absolute atomic E-state index is 12.1. The van der Waals surface area contributed by atoms with E-state index in [2.05, 4.69) is 15.5 Å². The fraction of sp³-hybridized carbons (Fsp3) is 0.583. The molecule has 3 atom stereocenters. The summed E-state index contributed by atoms with van der Waals surface area (Å²) < 4.78 is 0. The van der Waals surface area contributed by atoms with Crippen LogP contribution in [0.1, 0.15) is 36.0 Å². The lowest BCUT2D eigenvalue weighted by Crippen LogP contribution is -2.38. The zero-order chi connectivity index (χ0) is 12.7. The molecule has 2 fully saturated rings. The summed E-state index contributed by atoms with van der Waals surface area (Å²) >= 11 is 11.6. The van der Waals surface area contributed by atoms with Gasteiger partial charge < -0.3 is 5.32 Å². The van der Waals surface area contributed by atoms with E-state index >= 15 is 0 Å². The predicted molar refractivity (Wildman–Crippen MR) is 68.8 cm³/mol. The third-order valence-electron chi connectivity index (χ3n) is 4.02. The quantitative estimate of drug-likeness (QED) is 0.909. The van der Waals surface area contributed by atoms with Crippen LogP contribution in [0.15, 0.2) is 6.07 Å². The van der Waals surface area contributed by atoms with Gasteiger partial charge in [0.15, 0.2) is 10.3 Å². The molecule has 0 radical (unpaired) electrons. The Morgan fingerprint density at radius 2 is 2.11 bits per heavy atom. The molecule has 1 aromatic heterocycles. The maximum atomic E-state index is 12.1. The first-order valence-corrected chi connectivity index (χ1v) is 6.88. The van der Waals surface area contributed by atoms with Crippen molar-refractivity contribution in [2.45, 2.75) is 31.7 Å². The zero-order valence-corrected chi connectivity index (χ0v) is 11.2. The molecule has 3 rings (SSSR count). The standard InChI is InChI=1S/C12H13Cl2N3O/c13-10-5-8(11(14)17-16-10)12(18)15-9-4-6-1-2-7(9)3-6/h5-7,9H,1-4H2,(H,15,18). The van der Waals surface area contributed by atoms with Crippen molar-refractivity contribution in [3.05, 3.63) is 21.9 Å². The monoisotopic (exact) mass is 285 g/mol. The molecule has 1 N–H and O–H groups in total. The molecule has 0 aromatic carbocycles. The number of hydrogen-bond acceptors (Lipinski definition) is 3. The Bertz CT molecular complexity index is 494. The van der Waals surface area contributed by atoms with Crippen LogP contribution in [-0.2, 0) is 0 Å².